The largest absolute Gasteiger partial charge is 0.572 e. The van der Waals surface area contributed by atoms with E-state index in [4.69, 9.17) is 0 Å². The Morgan fingerprint density at radius 1 is 0.886 bits per heavy atom. The van der Waals surface area contributed by atoms with E-state index in [0.29, 0.717) is 22.6 Å². The normalized spacial score (nSPS) is 12.7. The summed E-state index contributed by atoms with van der Waals surface area (Å²) in [4.78, 5) is 27.1. The maximum Gasteiger partial charge on any atom is 0.259 e. The highest BCUT2D eigenvalue weighted by atomic mass is 32.2. The predicted octanol–water partition coefficient (Wildman–Crippen LogP) is 5.45. The molecule has 0 atom stereocenters. The van der Waals surface area contributed by atoms with E-state index in [2.05, 4.69) is 10.0 Å². The van der Waals surface area contributed by atoms with Crippen molar-refractivity contribution < 1.29 is 18.0 Å². The van der Waals surface area contributed by atoms with Crippen LogP contribution in [-0.2, 0) is 14.8 Å². The Kier molecular flexibility index (Phi) is 5.53. The van der Waals surface area contributed by atoms with Gasteiger partial charge in [0.15, 0.2) is 0 Å². The summed E-state index contributed by atoms with van der Waals surface area (Å²) < 4.78 is 29.6. The van der Waals surface area contributed by atoms with Crippen LogP contribution in [0.5, 0.6) is 0 Å². The molecule has 1 heterocycles. The lowest BCUT2D eigenvalue weighted by molar-refractivity contribution is -0.114. The number of rotatable bonds is 6. The summed E-state index contributed by atoms with van der Waals surface area (Å²) in [5, 5.41) is 4.52. The Bertz CT molecular complexity index is 1570. The molecule has 0 saturated carbocycles. The van der Waals surface area contributed by atoms with E-state index in [9.17, 15) is 18.0 Å². The zero-order valence-corrected chi connectivity index (χ0v) is 20.0. The summed E-state index contributed by atoms with van der Waals surface area (Å²) in [5.41, 5.74) is 3.67. The first-order valence-corrected chi connectivity index (χ1v) is 12.5. The number of nitrogens with zero attached hydrogens (tertiary/aromatic N) is 2. The average molecular weight is 485 g/mol. The number of carbonyl (C=O) groups is 2. The number of carbonyl (C=O) groups excluding carboxylic acids is 2. The van der Waals surface area contributed by atoms with Gasteiger partial charge in [-0.15, -0.1) is 5.69 Å². The number of amides is 2. The van der Waals surface area contributed by atoms with Crippen LogP contribution >= 0.6 is 0 Å². The molecule has 1 N–H and O–H groups in total. The second-order valence-electron chi connectivity index (χ2n) is 8.45. The number of benzene rings is 4. The summed E-state index contributed by atoms with van der Waals surface area (Å²) in [6.45, 7) is 3.46. The maximum absolute atomic E-state index is 12.9. The van der Waals surface area contributed by atoms with Crippen molar-refractivity contribution in [3.8, 4) is 0 Å². The Morgan fingerprint density at radius 3 is 2.20 bits per heavy atom. The molecular formula is C27H22N3O4S-. The SMILES string of the molecule is Cc1cccc(C)c1[N-]S(=O)(=O)c1ccc(NC(=O)CN2C(=O)c3cccc4cccc2c34)cc1. The lowest BCUT2D eigenvalue weighted by atomic mass is 10.1. The van der Waals surface area contributed by atoms with Gasteiger partial charge in [0, 0.05) is 16.6 Å². The Morgan fingerprint density at radius 2 is 1.51 bits per heavy atom. The fourth-order valence-corrected chi connectivity index (χ4v) is 5.43. The fourth-order valence-electron chi connectivity index (χ4n) is 4.31. The third kappa shape index (κ3) is 4.13. The van der Waals surface area contributed by atoms with E-state index >= 15 is 0 Å². The summed E-state index contributed by atoms with van der Waals surface area (Å²) in [5.74, 6) is -0.611. The van der Waals surface area contributed by atoms with Crippen molar-refractivity contribution in [2.45, 2.75) is 18.7 Å². The van der Waals surface area contributed by atoms with Gasteiger partial charge in [0.1, 0.15) is 16.6 Å². The zero-order chi connectivity index (χ0) is 24.7. The molecule has 8 heteroatoms. The molecule has 5 rings (SSSR count). The van der Waals surface area contributed by atoms with Gasteiger partial charge in [-0.2, -0.15) is 0 Å². The molecule has 2 amide bonds. The molecule has 35 heavy (non-hydrogen) atoms. The smallest absolute Gasteiger partial charge is 0.259 e. The molecular weight excluding hydrogens is 462 g/mol. The third-order valence-corrected chi connectivity index (χ3v) is 7.33. The Labute approximate surface area is 203 Å². The van der Waals surface area contributed by atoms with Crippen LogP contribution in [0.3, 0.4) is 0 Å². The minimum absolute atomic E-state index is 0.0231. The van der Waals surface area contributed by atoms with Crippen molar-refractivity contribution in [3.05, 3.63) is 100 Å². The first-order chi connectivity index (χ1) is 16.7. The van der Waals surface area contributed by atoms with Crippen LogP contribution in [0.15, 0.2) is 83.8 Å². The van der Waals surface area contributed by atoms with E-state index in [0.717, 1.165) is 21.9 Å². The zero-order valence-electron chi connectivity index (χ0n) is 19.1. The van der Waals surface area contributed by atoms with Crippen LogP contribution in [0, 0.1) is 13.8 Å². The minimum Gasteiger partial charge on any atom is -0.572 e. The molecule has 0 spiro atoms. The van der Waals surface area contributed by atoms with E-state index in [1.54, 1.807) is 6.07 Å². The van der Waals surface area contributed by atoms with Gasteiger partial charge in [-0.3, -0.25) is 14.5 Å². The van der Waals surface area contributed by atoms with E-state index in [1.807, 2.05) is 62.4 Å². The molecule has 4 aromatic rings. The van der Waals surface area contributed by atoms with Gasteiger partial charge in [0.2, 0.25) is 5.91 Å². The standard InChI is InChI=1S/C27H22N3O4S/c1-17-6-3-7-18(2)26(17)29-35(33,34)21-14-12-20(13-15-21)28-24(31)16-30-23-11-5-9-19-8-4-10-22(25(19)23)27(30)32/h3-15H,16H2,1-2H3,(H,28,31)/q-1. The van der Waals surface area contributed by atoms with E-state index in [-0.39, 0.29) is 23.3 Å². The van der Waals surface area contributed by atoms with Crippen molar-refractivity contribution in [2.75, 3.05) is 16.8 Å². The number of hydrogen-bond acceptors (Lipinski definition) is 4. The van der Waals surface area contributed by atoms with Crippen LogP contribution in [0.2, 0.25) is 0 Å². The first kappa shape index (κ1) is 22.6. The average Bonchev–Trinajstić information content (AvgIpc) is 3.10. The highest BCUT2D eigenvalue weighted by Crippen LogP contribution is 2.37. The number of aryl methyl sites for hydroxylation is 2. The summed E-state index contributed by atoms with van der Waals surface area (Å²) in [6.07, 6.45) is 0. The van der Waals surface area contributed by atoms with Gasteiger partial charge in [-0.1, -0.05) is 53.6 Å². The molecule has 4 aromatic carbocycles. The Balaban J connectivity index is 1.29. The van der Waals surface area contributed by atoms with Gasteiger partial charge in [0.05, 0.1) is 10.6 Å². The van der Waals surface area contributed by atoms with Crippen molar-refractivity contribution in [2.24, 2.45) is 0 Å². The summed E-state index contributed by atoms with van der Waals surface area (Å²) in [7, 11) is -3.92. The van der Waals surface area contributed by atoms with Crippen LogP contribution in [0.4, 0.5) is 17.1 Å². The minimum atomic E-state index is -3.92. The molecule has 0 aliphatic carbocycles. The van der Waals surface area contributed by atoms with Gasteiger partial charge in [-0.25, -0.2) is 8.42 Å². The number of anilines is 2. The number of hydrogen-bond donors (Lipinski definition) is 1. The van der Waals surface area contributed by atoms with Crippen molar-refractivity contribution >= 4 is 49.7 Å². The molecule has 0 bridgehead atoms. The molecule has 0 radical (unpaired) electrons. The molecule has 0 saturated heterocycles. The van der Waals surface area contributed by atoms with Crippen molar-refractivity contribution in [3.63, 3.8) is 0 Å². The third-order valence-electron chi connectivity index (χ3n) is 6.04. The van der Waals surface area contributed by atoms with Gasteiger partial charge >= 0.3 is 0 Å². The first-order valence-electron chi connectivity index (χ1n) is 11.0. The highest BCUT2D eigenvalue weighted by Gasteiger charge is 2.30. The molecule has 1 aliphatic rings. The van der Waals surface area contributed by atoms with Crippen molar-refractivity contribution in [1.82, 2.24) is 0 Å². The second kappa shape index (κ2) is 8.56. The molecule has 1 aliphatic heterocycles. The molecule has 0 unspecified atom stereocenters. The molecule has 176 valence electrons. The van der Waals surface area contributed by atoms with Gasteiger partial charge < -0.3 is 10.0 Å². The van der Waals surface area contributed by atoms with Gasteiger partial charge in [0.25, 0.3) is 5.91 Å². The monoisotopic (exact) mass is 484 g/mol. The molecule has 7 nitrogen and oxygen atoms in total. The maximum atomic E-state index is 12.9. The fraction of sp³-hybridized carbons (Fsp3) is 0.111. The number of nitrogens with one attached hydrogen (secondary N) is 1. The van der Waals surface area contributed by atoms with Crippen LogP contribution in [-0.4, -0.2) is 26.8 Å². The lowest BCUT2D eigenvalue weighted by Gasteiger charge is -2.26. The highest BCUT2D eigenvalue weighted by molar-refractivity contribution is 7.94. The van der Waals surface area contributed by atoms with Crippen LogP contribution in [0.25, 0.3) is 15.5 Å². The van der Waals surface area contributed by atoms with Crippen molar-refractivity contribution in [1.29, 1.82) is 0 Å². The molecule has 0 fully saturated rings. The van der Waals surface area contributed by atoms with Crippen LogP contribution in [0.1, 0.15) is 21.5 Å². The summed E-state index contributed by atoms with van der Waals surface area (Å²) in [6, 6.07) is 22.4. The Hall–Kier alpha value is -4.17. The number of sulfonamides is 1. The quantitative estimate of drug-likeness (QED) is 0.393. The lowest BCUT2D eigenvalue weighted by Crippen LogP contribution is -2.35. The second-order valence-corrected chi connectivity index (χ2v) is 10.1. The summed E-state index contributed by atoms with van der Waals surface area (Å²) >= 11 is 0. The van der Waals surface area contributed by atoms with Gasteiger partial charge in [-0.05, 0) is 55.6 Å². The van der Waals surface area contributed by atoms with E-state index < -0.39 is 10.0 Å². The van der Waals surface area contributed by atoms with Crippen LogP contribution < -0.4 is 10.2 Å². The predicted molar refractivity (Wildman–Crippen MR) is 137 cm³/mol. The molecule has 0 aromatic heterocycles. The topological polar surface area (TPSA) is 97.7 Å². The van der Waals surface area contributed by atoms with E-state index in [1.165, 1.54) is 29.2 Å².